The SMILES string of the molecule is CCNCC1(C(F)(F)F)c2cc(Cl)ccc2Nc2ncccc21.FC(F)c1c2cc(Cl)ccc2nc2ncccc12.NCC1(C(F)(F)F)c2cc(Cl)ccc2Nc2ncccc21.O=[N+]([O-])CC1(C(F)(F)F)c2cc(Cl)ccc2Nc2ncccc21. The Hall–Kier alpha value is -7.74. The van der Waals surface area contributed by atoms with Crippen molar-refractivity contribution in [3.63, 3.8) is 0 Å². The number of halogens is 15. The number of benzene rings is 4. The first-order chi connectivity index (χ1) is 40.2. The number of aromatic nitrogens is 5. The van der Waals surface area contributed by atoms with Gasteiger partial charge in [-0.3, -0.25) is 10.1 Å². The van der Waals surface area contributed by atoms with Crippen LogP contribution in [0, 0.1) is 10.1 Å². The van der Waals surface area contributed by atoms with Crippen molar-refractivity contribution < 1.29 is 53.2 Å². The maximum atomic E-state index is 14.3. The Bertz CT molecular complexity index is 4000. The lowest BCUT2D eigenvalue weighted by Crippen LogP contribution is -2.52. The van der Waals surface area contributed by atoms with E-state index >= 15 is 0 Å². The molecule has 0 saturated carbocycles. The Labute approximate surface area is 495 Å². The van der Waals surface area contributed by atoms with Gasteiger partial charge in [-0.05, 0) is 121 Å². The minimum atomic E-state index is -4.90. The van der Waals surface area contributed by atoms with Crippen LogP contribution in [0.3, 0.4) is 0 Å². The molecular formula is C57H42Cl4F11N11O2. The van der Waals surface area contributed by atoms with Crippen LogP contribution < -0.4 is 27.0 Å². The van der Waals surface area contributed by atoms with Gasteiger partial charge in [0.05, 0.1) is 5.52 Å². The van der Waals surface area contributed by atoms with Gasteiger partial charge in [0.25, 0.3) is 6.43 Å². The first-order valence-electron chi connectivity index (χ1n) is 25.1. The van der Waals surface area contributed by atoms with Crippen molar-refractivity contribution >= 4 is 103 Å². The summed E-state index contributed by atoms with van der Waals surface area (Å²) in [7, 11) is 0. The van der Waals surface area contributed by atoms with Gasteiger partial charge < -0.3 is 27.0 Å². The molecule has 0 amide bonds. The number of nitro groups is 1. The van der Waals surface area contributed by atoms with Gasteiger partial charge in [-0.15, -0.1) is 0 Å². The largest absolute Gasteiger partial charge is 0.408 e. The topological polar surface area (TPSA) is 182 Å². The van der Waals surface area contributed by atoms with Gasteiger partial charge in [0.1, 0.15) is 28.3 Å². The van der Waals surface area contributed by atoms with Crippen molar-refractivity contribution in [3.05, 3.63) is 215 Å². The Balaban J connectivity index is 0.000000136. The van der Waals surface area contributed by atoms with E-state index in [9.17, 15) is 58.4 Å². The molecular weight excluding hydrogens is 1220 g/mol. The molecule has 4 aromatic carbocycles. The summed E-state index contributed by atoms with van der Waals surface area (Å²) >= 11 is 23.6. The zero-order valence-corrected chi connectivity index (χ0v) is 46.5. The third-order valence-corrected chi connectivity index (χ3v) is 15.4. The van der Waals surface area contributed by atoms with Gasteiger partial charge in [0, 0.05) is 119 Å². The van der Waals surface area contributed by atoms with E-state index < -0.39 is 59.2 Å². The summed E-state index contributed by atoms with van der Waals surface area (Å²) in [5.41, 5.74) is -0.567. The van der Waals surface area contributed by atoms with Crippen molar-refractivity contribution in [1.29, 1.82) is 0 Å². The number of anilines is 6. The molecule has 28 heteroatoms. The lowest BCUT2D eigenvalue weighted by atomic mass is 9.71. The van der Waals surface area contributed by atoms with Crippen molar-refractivity contribution in [1.82, 2.24) is 30.2 Å². The van der Waals surface area contributed by atoms with Gasteiger partial charge in [0.15, 0.2) is 11.1 Å². The Morgan fingerprint density at radius 2 is 0.953 bits per heavy atom. The first-order valence-corrected chi connectivity index (χ1v) is 26.7. The quantitative estimate of drug-likeness (QED) is 0.0441. The summed E-state index contributed by atoms with van der Waals surface area (Å²) in [5, 5.41) is 24.3. The number of likely N-dealkylation sites (N-methyl/N-ethyl adjacent to an activating group) is 1. The predicted octanol–water partition coefficient (Wildman–Crippen LogP) is 16.1. The van der Waals surface area contributed by atoms with Crippen LogP contribution >= 0.6 is 46.4 Å². The Morgan fingerprint density at radius 3 is 1.39 bits per heavy atom. The lowest BCUT2D eigenvalue weighted by molar-refractivity contribution is -0.498. The molecule has 85 heavy (non-hydrogen) atoms. The third-order valence-electron chi connectivity index (χ3n) is 14.4. The highest BCUT2D eigenvalue weighted by atomic mass is 35.5. The molecule has 13 nitrogen and oxygen atoms in total. The summed E-state index contributed by atoms with van der Waals surface area (Å²) in [5.74, 6) is 0.328. The molecule has 0 bridgehead atoms. The second-order valence-electron chi connectivity index (χ2n) is 19.2. The third kappa shape index (κ3) is 11.4. The molecule has 3 aliphatic heterocycles. The molecule has 0 fully saturated rings. The van der Waals surface area contributed by atoms with Gasteiger partial charge in [-0.2, -0.15) is 39.5 Å². The van der Waals surface area contributed by atoms with Crippen molar-refractivity contribution in [3.8, 4) is 0 Å². The normalized spacial score (nSPS) is 18.1. The zero-order valence-electron chi connectivity index (χ0n) is 43.5. The molecule has 0 radical (unpaired) electrons. The summed E-state index contributed by atoms with van der Waals surface area (Å²) in [6.45, 7) is -0.0416. The molecule has 3 atom stereocenters. The van der Waals surface area contributed by atoms with E-state index in [1.165, 1.54) is 104 Å². The summed E-state index contributed by atoms with van der Waals surface area (Å²) < 4.78 is 153. The van der Waals surface area contributed by atoms with E-state index in [1.54, 1.807) is 43.3 Å². The number of alkyl halides is 11. The Kier molecular flexibility index (Phi) is 17.4. The van der Waals surface area contributed by atoms with Crippen LogP contribution in [0.5, 0.6) is 0 Å². The van der Waals surface area contributed by atoms with E-state index in [1.807, 2.05) is 0 Å². The summed E-state index contributed by atoms with van der Waals surface area (Å²) in [6.07, 6.45) is -10.8. The van der Waals surface area contributed by atoms with E-state index in [-0.39, 0.29) is 83.7 Å². The van der Waals surface area contributed by atoms with E-state index in [0.717, 1.165) is 6.07 Å². The van der Waals surface area contributed by atoms with Crippen LogP contribution in [0.25, 0.3) is 21.9 Å². The molecule has 0 spiro atoms. The highest BCUT2D eigenvalue weighted by Crippen LogP contribution is 2.57. The second kappa shape index (κ2) is 24.0. The van der Waals surface area contributed by atoms with E-state index in [4.69, 9.17) is 52.1 Å². The van der Waals surface area contributed by atoms with Gasteiger partial charge in [-0.25, -0.2) is 33.7 Å². The number of nitrogens with two attached hydrogens (primary N) is 1. The van der Waals surface area contributed by atoms with Gasteiger partial charge in [-0.1, -0.05) is 71.5 Å². The summed E-state index contributed by atoms with van der Waals surface area (Å²) in [6, 6.07) is 29.0. The number of nitrogens with zero attached hydrogens (tertiary/aromatic N) is 6. The first kappa shape index (κ1) is 61.8. The fraction of sp³-hybridized carbons (Fsp3) is 0.211. The van der Waals surface area contributed by atoms with Crippen LogP contribution in [0.2, 0.25) is 20.1 Å². The smallest absolute Gasteiger partial charge is 0.340 e. The highest BCUT2D eigenvalue weighted by Gasteiger charge is 2.65. The number of fused-ring (bicyclic) bond motifs is 8. The molecule has 3 unspecified atom stereocenters. The van der Waals surface area contributed by atoms with Crippen LogP contribution in [0.1, 0.15) is 52.3 Å². The monoisotopic (exact) mass is 1260 g/mol. The minimum Gasteiger partial charge on any atom is -0.340 e. The van der Waals surface area contributed by atoms with Crippen LogP contribution in [-0.2, 0) is 16.2 Å². The van der Waals surface area contributed by atoms with Crippen LogP contribution in [0.15, 0.2) is 146 Å². The summed E-state index contributed by atoms with van der Waals surface area (Å²) in [4.78, 5) is 30.3. The molecule has 0 saturated heterocycles. The lowest BCUT2D eigenvalue weighted by Gasteiger charge is -2.42. The number of hydrogen-bond donors (Lipinski definition) is 5. The van der Waals surface area contributed by atoms with Crippen LogP contribution in [0.4, 0.5) is 82.8 Å². The second-order valence-corrected chi connectivity index (χ2v) is 20.9. The molecule has 5 aromatic heterocycles. The zero-order chi connectivity index (χ0) is 61.4. The molecule has 442 valence electrons. The molecule has 0 aliphatic carbocycles. The maximum Gasteiger partial charge on any atom is 0.408 e. The van der Waals surface area contributed by atoms with Gasteiger partial charge in [0.2, 0.25) is 6.54 Å². The average Bonchev–Trinajstić information content (AvgIpc) is 0.780. The molecule has 12 rings (SSSR count). The predicted molar refractivity (Wildman–Crippen MR) is 304 cm³/mol. The molecule has 3 aliphatic rings. The number of nitrogens with one attached hydrogen (secondary N) is 4. The fourth-order valence-electron chi connectivity index (χ4n) is 10.6. The molecule has 8 heterocycles. The Morgan fingerprint density at radius 1 is 0.553 bits per heavy atom. The van der Waals surface area contributed by atoms with E-state index in [0.29, 0.717) is 44.9 Å². The van der Waals surface area contributed by atoms with Crippen LogP contribution in [-0.4, -0.2) is 74.6 Å². The standard InChI is InChI=1S/C16H15ClF3N3.C14H9ClF3N3O2.C14H11ClF3N3.C13H7ClF2N2/c1-2-21-9-15(16(18,19)20)11-4-3-7-22-14(11)23-13-6-5-10(17)8-12(13)15;15-8-3-4-11-10(6-8)13(7-21(22)23,14(16,17)18)9-2-1-5-19-12(9)20-11;15-8-3-4-11-10(6-8)13(7-19,14(16,17)18)9-2-1-5-20-12(9)21-11;14-7-3-4-10-9(6-7)11(12(15)16)8-2-1-5-17-13(8)18-10/h3-8,21H,2,9H2,1H3,(H,22,23);1-6H,7H2,(H,19,20);1-6H,7,19H2,(H,20,21);1-6,12H. The average molecular weight is 1260 g/mol. The van der Waals surface area contributed by atoms with Crippen molar-refractivity contribution in [2.75, 3.05) is 42.1 Å². The highest BCUT2D eigenvalue weighted by molar-refractivity contribution is 6.32. The fourth-order valence-corrected chi connectivity index (χ4v) is 11.3. The maximum absolute atomic E-state index is 14.3. The number of rotatable bonds is 7. The number of pyridine rings is 5. The number of hydrogen-bond acceptors (Lipinski definition) is 12. The molecule has 9 aromatic rings. The van der Waals surface area contributed by atoms with Crippen molar-refractivity contribution in [2.24, 2.45) is 5.73 Å². The van der Waals surface area contributed by atoms with E-state index in [2.05, 4.69) is 46.2 Å². The minimum absolute atomic E-state index is 0.00904. The van der Waals surface area contributed by atoms with Gasteiger partial charge >= 0.3 is 18.5 Å². The van der Waals surface area contributed by atoms with Crippen molar-refractivity contribution in [2.45, 2.75) is 48.1 Å². The molecule has 6 N–H and O–H groups in total.